The lowest BCUT2D eigenvalue weighted by Gasteiger charge is -2.34. The van der Waals surface area contributed by atoms with Crippen LogP contribution in [-0.2, 0) is 21.0 Å². The Morgan fingerprint density at radius 2 is 1.39 bits per heavy atom. The molecular weight excluding hydrogens is 284 g/mol. The first kappa shape index (κ1) is 19.7. The summed E-state index contributed by atoms with van der Waals surface area (Å²) in [6, 6.07) is 4.35. The van der Waals surface area contributed by atoms with Crippen LogP contribution in [0.5, 0.6) is 5.75 Å². The Morgan fingerprint density at radius 1 is 0.870 bits per heavy atom. The number of hydrogen-bond acceptors (Lipinski definition) is 2. The maximum absolute atomic E-state index is 12.0. The maximum Gasteiger partial charge on any atom is 0.310 e. The first-order valence-electron chi connectivity index (χ1n) is 8.58. The summed E-state index contributed by atoms with van der Waals surface area (Å²) in [5.74, 6) is 0.545. The number of rotatable bonds is 2. The van der Waals surface area contributed by atoms with Crippen LogP contribution in [0.15, 0.2) is 12.1 Å². The Balaban J connectivity index is 3.78. The fourth-order valence-corrected chi connectivity index (χ4v) is 2.69. The zero-order valence-electron chi connectivity index (χ0n) is 16.7. The molecule has 0 N–H and O–H groups in total. The highest BCUT2D eigenvalue weighted by molar-refractivity contribution is 5.73. The third-order valence-electron chi connectivity index (χ3n) is 4.04. The van der Waals surface area contributed by atoms with E-state index in [0.29, 0.717) is 6.42 Å². The molecular formula is C21H34O2. The van der Waals surface area contributed by atoms with Crippen molar-refractivity contribution in [2.24, 2.45) is 0 Å². The Kier molecular flexibility index (Phi) is 5.40. The van der Waals surface area contributed by atoms with Gasteiger partial charge in [0.05, 0.1) is 0 Å². The molecule has 0 unspecified atom stereocenters. The number of esters is 1. The van der Waals surface area contributed by atoms with E-state index in [0.717, 1.165) is 11.3 Å². The van der Waals surface area contributed by atoms with Gasteiger partial charge in [-0.05, 0) is 33.4 Å². The molecule has 0 aliphatic rings. The second-order valence-electron chi connectivity index (χ2n) is 9.47. The van der Waals surface area contributed by atoms with Crippen LogP contribution in [0.4, 0.5) is 0 Å². The van der Waals surface area contributed by atoms with Crippen LogP contribution in [-0.4, -0.2) is 5.97 Å². The Bertz CT molecular complexity index is 576. The van der Waals surface area contributed by atoms with Gasteiger partial charge in [0.15, 0.2) is 0 Å². The van der Waals surface area contributed by atoms with Crippen LogP contribution >= 0.6 is 0 Å². The number of ether oxygens (including phenoxy) is 1. The Hall–Kier alpha value is -1.31. The highest BCUT2D eigenvalue weighted by Crippen LogP contribution is 2.43. The normalized spacial score (nSPS) is 13.1. The second-order valence-corrected chi connectivity index (χ2v) is 9.47. The van der Waals surface area contributed by atoms with E-state index in [-0.39, 0.29) is 22.2 Å². The fourth-order valence-electron chi connectivity index (χ4n) is 2.69. The quantitative estimate of drug-likeness (QED) is 0.501. The lowest BCUT2D eigenvalue weighted by atomic mass is 9.72. The van der Waals surface area contributed by atoms with E-state index in [4.69, 9.17) is 4.74 Å². The van der Waals surface area contributed by atoms with Gasteiger partial charge in [0.25, 0.3) is 0 Å². The summed E-state index contributed by atoms with van der Waals surface area (Å²) in [6.45, 7) is 21.6. The summed E-state index contributed by atoms with van der Waals surface area (Å²) in [4.78, 5) is 12.0. The first-order valence-corrected chi connectivity index (χ1v) is 8.58. The zero-order valence-corrected chi connectivity index (χ0v) is 16.7. The third kappa shape index (κ3) is 4.83. The van der Waals surface area contributed by atoms with Crippen molar-refractivity contribution in [2.45, 2.75) is 91.9 Å². The summed E-state index contributed by atoms with van der Waals surface area (Å²) in [5, 5.41) is 0. The molecule has 1 aromatic carbocycles. The van der Waals surface area contributed by atoms with E-state index in [9.17, 15) is 4.79 Å². The van der Waals surface area contributed by atoms with Gasteiger partial charge in [0.1, 0.15) is 5.75 Å². The molecule has 130 valence electrons. The van der Waals surface area contributed by atoms with Gasteiger partial charge in [-0.3, -0.25) is 4.79 Å². The molecule has 0 spiro atoms. The minimum absolute atomic E-state index is 0.00376. The second kappa shape index (κ2) is 6.30. The molecule has 0 aromatic heterocycles. The van der Waals surface area contributed by atoms with Crippen molar-refractivity contribution in [3.8, 4) is 5.75 Å². The molecule has 0 amide bonds. The van der Waals surface area contributed by atoms with Crippen LogP contribution in [0.3, 0.4) is 0 Å². The van der Waals surface area contributed by atoms with Gasteiger partial charge in [-0.15, -0.1) is 0 Å². The number of carbonyl (C=O) groups excluding carboxylic acids is 1. The van der Waals surface area contributed by atoms with Crippen molar-refractivity contribution in [3.05, 3.63) is 28.8 Å². The molecule has 1 aromatic rings. The van der Waals surface area contributed by atoms with Crippen LogP contribution in [0.1, 0.15) is 92.3 Å². The summed E-state index contributed by atoms with van der Waals surface area (Å²) >= 11 is 0. The summed E-state index contributed by atoms with van der Waals surface area (Å²) in [6.07, 6.45) is 0.383. The predicted molar refractivity (Wildman–Crippen MR) is 98.5 cm³/mol. The van der Waals surface area contributed by atoms with Gasteiger partial charge in [-0.1, -0.05) is 75.3 Å². The zero-order chi connectivity index (χ0) is 18.2. The number of hydrogen-bond donors (Lipinski definition) is 0. The van der Waals surface area contributed by atoms with Crippen LogP contribution in [0.25, 0.3) is 0 Å². The monoisotopic (exact) mass is 318 g/mol. The van der Waals surface area contributed by atoms with Crippen molar-refractivity contribution in [1.29, 1.82) is 0 Å². The molecule has 0 saturated carbocycles. The van der Waals surface area contributed by atoms with Crippen molar-refractivity contribution >= 4 is 5.97 Å². The van der Waals surface area contributed by atoms with Gasteiger partial charge >= 0.3 is 5.97 Å². The fraction of sp³-hybridized carbons (Fsp3) is 0.667. The highest BCUT2D eigenvalue weighted by Gasteiger charge is 2.31. The molecule has 0 radical (unpaired) electrons. The largest absolute Gasteiger partial charge is 0.426 e. The van der Waals surface area contributed by atoms with Crippen molar-refractivity contribution in [2.75, 3.05) is 0 Å². The smallest absolute Gasteiger partial charge is 0.310 e. The maximum atomic E-state index is 12.0. The van der Waals surface area contributed by atoms with Gasteiger partial charge in [0, 0.05) is 12.0 Å². The summed E-state index contributed by atoms with van der Waals surface area (Å²) in [5.41, 5.74) is 3.49. The Morgan fingerprint density at radius 3 is 1.74 bits per heavy atom. The van der Waals surface area contributed by atoms with E-state index in [1.165, 1.54) is 11.1 Å². The van der Waals surface area contributed by atoms with E-state index < -0.39 is 0 Å². The average Bonchev–Trinajstić information content (AvgIpc) is 2.34. The van der Waals surface area contributed by atoms with Crippen LogP contribution < -0.4 is 4.74 Å². The lowest BCUT2D eigenvalue weighted by molar-refractivity contribution is -0.134. The predicted octanol–water partition coefficient (Wildman–Crippen LogP) is 5.89. The minimum atomic E-state index is -0.179. The van der Waals surface area contributed by atoms with Crippen molar-refractivity contribution < 1.29 is 9.53 Å². The third-order valence-corrected chi connectivity index (χ3v) is 4.04. The Labute approximate surface area is 142 Å². The standard InChI is InChI=1S/C21H34O2/c1-11-17(22)23-16-13-14(19(2,3)4)12-15(20(5,6)7)18(16)21(8,9)10/h12-13H,11H2,1-10H3. The van der Waals surface area contributed by atoms with Crippen molar-refractivity contribution in [3.63, 3.8) is 0 Å². The van der Waals surface area contributed by atoms with Gasteiger partial charge in [-0.25, -0.2) is 0 Å². The van der Waals surface area contributed by atoms with Gasteiger partial charge in [-0.2, -0.15) is 0 Å². The molecule has 0 aliphatic carbocycles. The van der Waals surface area contributed by atoms with E-state index in [1.54, 1.807) is 0 Å². The van der Waals surface area contributed by atoms with E-state index in [2.05, 4.69) is 74.4 Å². The van der Waals surface area contributed by atoms with Crippen molar-refractivity contribution in [1.82, 2.24) is 0 Å². The molecule has 0 atom stereocenters. The molecule has 0 saturated heterocycles. The molecule has 2 heteroatoms. The number of benzene rings is 1. The topological polar surface area (TPSA) is 26.3 Å². The number of carbonyl (C=O) groups is 1. The summed E-state index contributed by atoms with van der Waals surface area (Å²) in [7, 11) is 0. The lowest BCUT2D eigenvalue weighted by Crippen LogP contribution is -2.26. The van der Waals surface area contributed by atoms with E-state index in [1.807, 2.05) is 6.92 Å². The van der Waals surface area contributed by atoms with E-state index >= 15 is 0 Å². The molecule has 0 heterocycles. The average molecular weight is 319 g/mol. The molecule has 0 bridgehead atoms. The van der Waals surface area contributed by atoms with Gasteiger partial charge in [0.2, 0.25) is 0 Å². The molecule has 0 aliphatic heterocycles. The van der Waals surface area contributed by atoms with Gasteiger partial charge < -0.3 is 4.74 Å². The van der Waals surface area contributed by atoms with Crippen LogP contribution in [0.2, 0.25) is 0 Å². The molecule has 1 rings (SSSR count). The molecule has 0 fully saturated rings. The first-order chi connectivity index (χ1) is 10.2. The SMILES string of the molecule is CCC(=O)Oc1cc(C(C)(C)C)cc(C(C)(C)C)c1C(C)(C)C. The molecule has 23 heavy (non-hydrogen) atoms. The molecule has 2 nitrogen and oxygen atoms in total. The highest BCUT2D eigenvalue weighted by atomic mass is 16.5. The summed E-state index contributed by atoms with van der Waals surface area (Å²) < 4.78 is 5.75. The van der Waals surface area contributed by atoms with Crippen LogP contribution in [0, 0.1) is 0 Å². The minimum Gasteiger partial charge on any atom is -0.426 e.